The van der Waals surface area contributed by atoms with Gasteiger partial charge in [0.25, 0.3) is 0 Å². The van der Waals surface area contributed by atoms with Gasteiger partial charge in [0.15, 0.2) is 0 Å². The first-order valence-electron chi connectivity index (χ1n) is 7.13. The minimum atomic E-state index is 0.198. The summed E-state index contributed by atoms with van der Waals surface area (Å²) in [5, 5.41) is 8.29. The average molecular weight is 309 g/mol. The summed E-state index contributed by atoms with van der Waals surface area (Å²) in [6.45, 7) is 3.67. The molecule has 1 aromatic carbocycles. The van der Waals surface area contributed by atoms with Gasteiger partial charge < -0.3 is 10.1 Å². The highest BCUT2D eigenvalue weighted by atomic mass is 35.5. The largest absolute Gasteiger partial charge is 0.492 e. The Morgan fingerprint density at radius 3 is 2.71 bits per heavy atom. The Hall–Kier alpha value is -1.59. The Bertz CT molecular complexity index is 541. The van der Waals surface area contributed by atoms with Crippen molar-refractivity contribution < 1.29 is 4.74 Å². The number of hydrogen-bond donors (Lipinski definition) is 1. The van der Waals surface area contributed by atoms with E-state index in [2.05, 4.69) is 22.3 Å². The molecule has 0 saturated heterocycles. The zero-order valence-corrected chi connectivity index (χ0v) is 13.2. The molecule has 0 saturated carbocycles. The first-order valence-corrected chi connectivity index (χ1v) is 7.51. The predicted octanol–water partition coefficient (Wildman–Crippen LogP) is 2.46. The van der Waals surface area contributed by atoms with Gasteiger partial charge in [0, 0.05) is 24.5 Å². The van der Waals surface area contributed by atoms with Crippen LogP contribution in [0.2, 0.25) is 5.02 Å². The van der Waals surface area contributed by atoms with Crippen molar-refractivity contribution in [3.05, 3.63) is 41.4 Å². The van der Waals surface area contributed by atoms with Crippen LogP contribution in [-0.4, -0.2) is 34.0 Å². The van der Waals surface area contributed by atoms with Crippen LogP contribution in [0.3, 0.4) is 0 Å². The Morgan fingerprint density at radius 1 is 1.33 bits per heavy atom. The maximum absolute atomic E-state index is 5.87. The number of nitrogens with one attached hydrogen (secondary N) is 1. The van der Waals surface area contributed by atoms with Crippen LogP contribution in [0, 0.1) is 0 Å². The van der Waals surface area contributed by atoms with E-state index in [0.717, 1.165) is 31.0 Å². The monoisotopic (exact) mass is 308 g/mol. The van der Waals surface area contributed by atoms with E-state index in [1.807, 2.05) is 31.3 Å². The summed E-state index contributed by atoms with van der Waals surface area (Å²) in [5.41, 5.74) is 0. The fraction of sp³-hybridized carbons (Fsp3) is 0.467. The summed E-state index contributed by atoms with van der Waals surface area (Å²) in [7, 11) is 1.90. The van der Waals surface area contributed by atoms with Crippen LogP contribution in [0.25, 0.3) is 0 Å². The molecule has 0 fully saturated rings. The number of hydrogen-bond acceptors (Lipinski definition) is 4. The number of aryl methyl sites for hydroxylation is 1. The fourth-order valence-electron chi connectivity index (χ4n) is 1.99. The van der Waals surface area contributed by atoms with Crippen molar-refractivity contribution in [2.75, 3.05) is 13.2 Å². The number of rotatable bonds is 8. The molecule has 0 aliphatic heterocycles. The van der Waals surface area contributed by atoms with Crippen molar-refractivity contribution in [1.82, 2.24) is 20.1 Å². The lowest BCUT2D eigenvalue weighted by molar-refractivity contribution is 0.260. The molecule has 1 heterocycles. The van der Waals surface area contributed by atoms with Gasteiger partial charge >= 0.3 is 0 Å². The highest BCUT2D eigenvalue weighted by molar-refractivity contribution is 6.30. The van der Waals surface area contributed by atoms with Gasteiger partial charge in [0.2, 0.25) is 0 Å². The first kappa shape index (κ1) is 15.8. The van der Waals surface area contributed by atoms with Crippen molar-refractivity contribution >= 4 is 11.6 Å². The molecule has 0 amide bonds. The van der Waals surface area contributed by atoms with Gasteiger partial charge in [-0.25, -0.2) is 4.98 Å². The second-order valence-electron chi connectivity index (χ2n) is 4.92. The molecule has 21 heavy (non-hydrogen) atoms. The van der Waals surface area contributed by atoms with E-state index in [1.54, 1.807) is 11.0 Å². The fourth-order valence-corrected chi connectivity index (χ4v) is 2.12. The molecule has 0 spiro atoms. The van der Waals surface area contributed by atoms with Crippen LogP contribution < -0.4 is 10.1 Å². The van der Waals surface area contributed by atoms with Crippen molar-refractivity contribution in [3.8, 4) is 5.75 Å². The van der Waals surface area contributed by atoms with Crippen molar-refractivity contribution in [2.45, 2.75) is 25.8 Å². The number of benzene rings is 1. The third-order valence-electron chi connectivity index (χ3n) is 3.18. The molecule has 6 heteroatoms. The van der Waals surface area contributed by atoms with E-state index in [9.17, 15) is 0 Å². The van der Waals surface area contributed by atoms with E-state index in [1.165, 1.54) is 0 Å². The molecule has 0 aliphatic carbocycles. The third kappa shape index (κ3) is 5.02. The van der Waals surface area contributed by atoms with Gasteiger partial charge in [0.1, 0.15) is 24.5 Å². The molecule has 1 N–H and O–H groups in total. The molecule has 0 radical (unpaired) electrons. The Morgan fingerprint density at radius 2 is 2.10 bits per heavy atom. The van der Waals surface area contributed by atoms with Crippen molar-refractivity contribution in [1.29, 1.82) is 0 Å². The van der Waals surface area contributed by atoms with E-state index in [0.29, 0.717) is 11.6 Å². The second kappa shape index (κ2) is 8.00. The molecule has 5 nitrogen and oxygen atoms in total. The summed E-state index contributed by atoms with van der Waals surface area (Å²) in [5.74, 6) is 1.77. The Labute approximate surface area is 130 Å². The lowest BCUT2D eigenvalue weighted by Crippen LogP contribution is -2.37. The highest BCUT2D eigenvalue weighted by Gasteiger charge is 2.13. The number of nitrogens with zero attached hydrogens (tertiary/aromatic N) is 3. The molecule has 1 unspecified atom stereocenters. The van der Waals surface area contributed by atoms with Crippen LogP contribution in [0.5, 0.6) is 5.75 Å². The van der Waals surface area contributed by atoms with E-state index in [-0.39, 0.29) is 6.04 Å². The average Bonchev–Trinajstić information content (AvgIpc) is 2.89. The maximum Gasteiger partial charge on any atom is 0.138 e. The topological polar surface area (TPSA) is 52.0 Å². The second-order valence-corrected chi connectivity index (χ2v) is 5.36. The van der Waals surface area contributed by atoms with Gasteiger partial charge in [-0.1, -0.05) is 18.5 Å². The normalized spacial score (nSPS) is 12.3. The van der Waals surface area contributed by atoms with E-state index >= 15 is 0 Å². The molecule has 114 valence electrons. The zero-order valence-electron chi connectivity index (χ0n) is 12.4. The van der Waals surface area contributed by atoms with Crippen molar-refractivity contribution in [2.24, 2.45) is 7.05 Å². The number of halogens is 1. The smallest absolute Gasteiger partial charge is 0.138 e. The van der Waals surface area contributed by atoms with E-state index < -0.39 is 0 Å². The minimum Gasteiger partial charge on any atom is -0.492 e. The molecule has 2 rings (SSSR count). The third-order valence-corrected chi connectivity index (χ3v) is 3.43. The van der Waals surface area contributed by atoms with Crippen LogP contribution in [-0.2, 0) is 13.5 Å². The summed E-state index contributed by atoms with van der Waals surface area (Å²) >= 11 is 5.87. The van der Waals surface area contributed by atoms with Crippen LogP contribution >= 0.6 is 11.6 Å². The molecule has 0 aliphatic rings. The minimum absolute atomic E-state index is 0.198. The molecule has 0 bridgehead atoms. The summed E-state index contributed by atoms with van der Waals surface area (Å²) in [6.07, 6.45) is 3.44. The van der Waals surface area contributed by atoms with Gasteiger partial charge in [0.05, 0.1) is 0 Å². The van der Waals surface area contributed by atoms with Gasteiger partial charge in [-0.3, -0.25) is 4.68 Å². The van der Waals surface area contributed by atoms with Gasteiger partial charge in [-0.05, 0) is 37.2 Å². The standard InChI is InChI=1S/C15H21ClN4O/c1-3-8-17-13(9-15-18-11-19-20(15)2)10-21-14-6-4-12(16)5-7-14/h4-7,11,13,17H,3,8-10H2,1-2H3. The number of ether oxygens (including phenoxy) is 1. The molecule has 1 atom stereocenters. The van der Waals surface area contributed by atoms with Crippen LogP contribution in [0.4, 0.5) is 0 Å². The van der Waals surface area contributed by atoms with Gasteiger partial charge in [-0.15, -0.1) is 0 Å². The SMILES string of the molecule is CCCNC(COc1ccc(Cl)cc1)Cc1ncnn1C. The predicted molar refractivity (Wildman–Crippen MR) is 83.7 cm³/mol. The molecular weight excluding hydrogens is 288 g/mol. The molecular formula is C15H21ClN4O. The van der Waals surface area contributed by atoms with Crippen molar-refractivity contribution in [3.63, 3.8) is 0 Å². The van der Waals surface area contributed by atoms with E-state index in [4.69, 9.17) is 16.3 Å². The van der Waals surface area contributed by atoms with Crippen LogP contribution in [0.1, 0.15) is 19.2 Å². The maximum atomic E-state index is 5.87. The lowest BCUT2D eigenvalue weighted by Gasteiger charge is -2.18. The number of aromatic nitrogens is 3. The zero-order chi connectivity index (χ0) is 15.1. The van der Waals surface area contributed by atoms with Gasteiger partial charge in [-0.2, -0.15) is 5.10 Å². The van der Waals surface area contributed by atoms with Crippen LogP contribution in [0.15, 0.2) is 30.6 Å². The Balaban J connectivity index is 1.92. The highest BCUT2D eigenvalue weighted by Crippen LogP contribution is 2.15. The molecule has 1 aromatic heterocycles. The summed E-state index contributed by atoms with van der Waals surface area (Å²) in [6, 6.07) is 7.61. The lowest BCUT2D eigenvalue weighted by atomic mass is 10.2. The summed E-state index contributed by atoms with van der Waals surface area (Å²) < 4.78 is 7.62. The molecule has 2 aromatic rings. The Kier molecular flexibility index (Phi) is 6.02. The summed E-state index contributed by atoms with van der Waals surface area (Å²) in [4.78, 5) is 4.27. The first-order chi connectivity index (χ1) is 10.2. The quantitative estimate of drug-likeness (QED) is 0.814.